The highest BCUT2D eigenvalue weighted by molar-refractivity contribution is 4.96. The molecule has 1 aromatic rings. The van der Waals surface area contributed by atoms with Crippen molar-refractivity contribution in [2.24, 2.45) is 5.92 Å². The van der Waals surface area contributed by atoms with Crippen molar-refractivity contribution >= 4 is 0 Å². The lowest BCUT2D eigenvalue weighted by Gasteiger charge is -2.35. The van der Waals surface area contributed by atoms with Gasteiger partial charge in [0.1, 0.15) is 0 Å². The van der Waals surface area contributed by atoms with Crippen LogP contribution in [0, 0.1) is 5.92 Å². The average Bonchev–Trinajstić information content (AvgIpc) is 3.09. The first-order chi connectivity index (χ1) is 10.0. The number of nitrogens with zero attached hydrogens (tertiary/aromatic N) is 3. The fourth-order valence-electron chi connectivity index (χ4n) is 3.49. The number of nitrogens with one attached hydrogen (secondary N) is 1. The van der Waals surface area contributed by atoms with Crippen LogP contribution >= 0.6 is 0 Å². The van der Waals surface area contributed by atoms with Gasteiger partial charge in [-0.2, -0.15) is 0 Å². The number of hydrogen-bond acceptors (Lipinski definition) is 5. The van der Waals surface area contributed by atoms with Crippen molar-refractivity contribution in [3.8, 4) is 0 Å². The predicted molar refractivity (Wildman–Crippen MR) is 82.0 cm³/mol. The summed E-state index contributed by atoms with van der Waals surface area (Å²) in [6.45, 7) is 10.6. The highest BCUT2D eigenvalue weighted by Crippen LogP contribution is 2.26. The van der Waals surface area contributed by atoms with E-state index in [1.807, 2.05) is 0 Å². The molecule has 0 aromatic carbocycles. The summed E-state index contributed by atoms with van der Waals surface area (Å²) >= 11 is 0. The summed E-state index contributed by atoms with van der Waals surface area (Å²) < 4.78 is 5.83. The van der Waals surface area contributed by atoms with Crippen LogP contribution in [-0.2, 0) is 12.0 Å². The summed E-state index contributed by atoms with van der Waals surface area (Å²) in [7, 11) is 0. The van der Waals surface area contributed by atoms with Crippen LogP contribution in [0.2, 0.25) is 0 Å². The lowest BCUT2D eigenvalue weighted by Crippen LogP contribution is -2.43. The van der Waals surface area contributed by atoms with Crippen LogP contribution in [0.3, 0.4) is 0 Å². The molecule has 1 aromatic heterocycles. The molecular formula is C16H28N4O. The van der Waals surface area contributed by atoms with Crippen LogP contribution in [0.5, 0.6) is 0 Å². The number of rotatable bonds is 3. The van der Waals surface area contributed by atoms with Crippen molar-refractivity contribution in [2.75, 3.05) is 19.6 Å². The quantitative estimate of drug-likeness (QED) is 0.926. The minimum atomic E-state index is -0.0660. The molecule has 0 spiro atoms. The Morgan fingerprint density at radius 3 is 2.76 bits per heavy atom. The summed E-state index contributed by atoms with van der Waals surface area (Å²) in [5.74, 6) is 2.29. The first-order valence-electron chi connectivity index (χ1n) is 8.31. The topological polar surface area (TPSA) is 54.2 Å². The third-order valence-corrected chi connectivity index (χ3v) is 4.68. The molecule has 5 nitrogen and oxygen atoms in total. The zero-order chi connectivity index (χ0) is 14.9. The van der Waals surface area contributed by atoms with E-state index in [1.165, 1.54) is 32.2 Å². The first-order valence-corrected chi connectivity index (χ1v) is 8.31. The third-order valence-electron chi connectivity index (χ3n) is 4.68. The second kappa shape index (κ2) is 6.05. The van der Waals surface area contributed by atoms with Crippen molar-refractivity contribution < 1.29 is 4.42 Å². The van der Waals surface area contributed by atoms with Crippen LogP contribution < -0.4 is 5.32 Å². The Bertz CT molecular complexity index is 459. The van der Waals surface area contributed by atoms with Gasteiger partial charge in [0.05, 0.1) is 6.54 Å². The maximum atomic E-state index is 5.83. The average molecular weight is 292 g/mol. The van der Waals surface area contributed by atoms with Crippen LogP contribution in [0.15, 0.2) is 4.42 Å². The van der Waals surface area contributed by atoms with E-state index in [2.05, 4.69) is 41.2 Å². The molecule has 0 bridgehead atoms. The van der Waals surface area contributed by atoms with Gasteiger partial charge in [-0.05, 0) is 44.7 Å². The van der Waals surface area contributed by atoms with Gasteiger partial charge in [-0.15, -0.1) is 10.2 Å². The Labute approximate surface area is 127 Å². The molecule has 2 atom stereocenters. The molecule has 5 heteroatoms. The second-order valence-corrected chi connectivity index (χ2v) is 7.59. The number of hydrogen-bond donors (Lipinski definition) is 1. The predicted octanol–water partition coefficient (Wildman–Crippen LogP) is 2.33. The second-order valence-electron chi connectivity index (χ2n) is 7.59. The van der Waals surface area contributed by atoms with Gasteiger partial charge in [0.2, 0.25) is 11.8 Å². The van der Waals surface area contributed by atoms with Gasteiger partial charge in [0.15, 0.2) is 0 Å². The van der Waals surface area contributed by atoms with Gasteiger partial charge >= 0.3 is 0 Å². The van der Waals surface area contributed by atoms with Crippen molar-refractivity contribution in [1.29, 1.82) is 0 Å². The molecule has 0 radical (unpaired) electrons. The van der Waals surface area contributed by atoms with Crippen LogP contribution in [0.1, 0.15) is 58.2 Å². The van der Waals surface area contributed by atoms with E-state index < -0.39 is 0 Å². The summed E-state index contributed by atoms with van der Waals surface area (Å²) in [6.07, 6.45) is 5.31. The molecular weight excluding hydrogens is 264 g/mol. The smallest absolute Gasteiger partial charge is 0.230 e. The number of piperidine rings is 1. The van der Waals surface area contributed by atoms with Crippen molar-refractivity contribution in [1.82, 2.24) is 20.4 Å². The van der Waals surface area contributed by atoms with Crippen molar-refractivity contribution in [3.63, 3.8) is 0 Å². The van der Waals surface area contributed by atoms with Crippen LogP contribution in [0.4, 0.5) is 0 Å². The minimum Gasteiger partial charge on any atom is -0.423 e. The molecule has 118 valence electrons. The van der Waals surface area contributed by atoms with E-state index in [4.69, 9.17) is 4.42 Å². The van der Waals surface area contributed by atoms with Gasteiger partial charge in [-0.1, -0.05) is 20.8 Å². The lowest BCUT2D eigenvalue weighted by molar-refractivity contribution is 0.133. The zero-order valence-electron chi connectivity index (χ0n) is 13.6. The molecule has 2 aliphatic heterocycles. The normalized spacial score (nSPS) is 28.1. The summed E-state index contributed by atoms with van der Waals surface area (Å²) in [5.41, 5.74) is -0.0660. The molecule has 21 heavy (non-hydrogen) atoms. The summed E-state index contributed by atoms with van der Waals surface area (Å²) in [5, 5.41) is 12.1. The molecule has 2 saturated heterocycles. The molecule has 1 N–H and O–H groups in total. The van der Waals surface area contributed by atoms with E-state index in [1.54, 1.807) is 0 Å². The Morgan fingerprint density at radius 2 is 2.10 bits per heavy atom. The lowest BCUT2D eigenvalue weighted by atomic mass is 9.90. The largest absolute Gasteiger partial charge is 0.423 e. The molecule has 2 unspecified atom stereocenters. The fraction of sp³-hybridized carbons (Fsp3) is 0.875. The number of aromatic nitrogens is 2. The van der Waals surface area contributed by atoms with E-state index >= 15 is 0 Å². The monoisotopic (exact) mass is 292 g/mol. The van der Waals surface area contributed by atoms with E-state index in [0.29, 0.717) is 0 Å². The van der Waals surface area contributed by atoms with Gasteiger partial charge in [-0.3, -0.25) is 4.90 Å². The van der Waals surface area contributed by atoms with Gasteiger partial charge in [0, 0.05) is 18.0 Å². The molecule has 2 aliphatic rings. The summed E-state index contributed by atoms with van der Waals surface area (Å²) in [4.78, 5) is 2.48. The van der Waals surface area contributed by atoms with E-state index in [-0.39, 0.29) is 5.41 Å². The maximum Gasteiger partial charge on any atom is 0.230 e. The van der Waals surface area contributed by atoms with E-state index in [0.717, 1.165) is 43.4 Å². The van der Waals surface area contributed by atoms with Crippen LogP contribution in [0.25, 0.3) is 0 Å². The van der Waals surface area contributed by atoms with Gasteiger partial charge < -0.3 is 9.73 Å². The van der Waals surface area contributed by atoms with Gasteiger partial charge in [-0.25, -0.2) is 0 Å². The highest BCUT2D eigenvalue weighted by atomic mass is 16.4. The molecule has 3 heterocycles. The molecule has 2 fully saturated rings. The van der Waals surface area contributed by atoms with Crippen molar-refractivity contribution in [2.45, 2.75) is 64.5 Å². The Morgan fingerprint density at radius 1 is 1.24 bits per heavy atom. The van der Waals surface area contributed by atoms with Crippen LogP contribution in [-0.4, -0.2) is 40.8 Å². The van der Waals surface area contributed by atoms with Gasteiger partial charge in [0.25, 0.3) is 0 Å². The molecule has 0 amide bonds. The Balaban J connectivity index is 1.58. The minimum absolute atomic E-state index is 0.0660. The Kier molecular flexibility index (Phi) is 4.31. The zero-order valence-corrected chi connectivity index (χ0v) is 13.6. The standard InChI is InChI=1S/C16H28N4O/c1-16(2,3)15-19-18-14(21-15)11-20-9-5-6-12(10-20)13-7-4-8-17-13/h12-13,17H,4-11H2,1-3H3. The highest BCUT2D eigenvalue weighted by Gasteiger charge is 2.30. The first kappa shape index (κ1) is 15.0. The van der Waals surface area contributed by atoms with Crippen molar-refractivity contribution in [3.05, 3.63) is 11.8 Å². The molecule has 3 rings (SSSR count). The van der Waals surface area contributed by atoms with E-state index in [9.17, 15) is 0 Å². The SMILES string of the molecule is CC(C)(C)c1nnc(CN2CCCC(C3CCCN3)C2)o1. The fourth-order valence-corrected chi connectivity index (χ4v) is 3.49. The summed E-state index contributed by atoms with van der Waals surface area (Å²) in [6, 6.07) is 0.723. The number of likely N-dealkylation sites (tertiary alicyclic amines) is 1. The molecule has 0 saturated carbocycles. The molecule has 0 aliphatic carbocycles. The Hall–Kier alpha value is -0.940. The third kappa shape index (κ3) is 3.64. The maximum absolute atomic E-state index is 5.83.